The van der Waals surface area contributed by atoms with Gasteiger partial charge in [-0.1, -0.05) is 27.2 Å². The first-order valence-corrected chi connectivity index (χ1v) is 8.79. The van der Waals surface area contributed by atoms with Gasteiger partial charge in [0.25, 0.3) is 0 Å². The van der Waals surface area contributed by atoms with E-state index in [1.165, 1.54) is 58.2 Å². The highest BCUT2D eigenvalue weighted by molar-refractivity contribution is 4.97. The Kier molecular flexibility index (Phi) is 6.31. The minimum absolute atomic E-state index is 0.357. The summed E-state index contributed by atoms with van der Waals surface area (Å²) in [5.74, 6) is 0.854. The molecule has 0 amide bonds. The zero-order chi connectivity index (χ0) is 14.4. The van der Waals surface area contributed by atoms with Crippen molar-refractivity contribution in [3.63, 3.8) is 0 Å². The van der Waals surface area contributed by atoms with Crippen LogP contribution in [0.15, 0.2) is 0 Å². The van der Waals surface area contributed by atoms with Crippen LogP contribution >= 0.6 is 0 Å². The lowest BCUT2D eigenvalue weighted by Crippen LogP contribution is -2.64. The van der Waals surface area contributed by atoms with E-state index in [-0.39, 0.29) is 0 Å². The van der Waals surface area contributed by atoms with Gasteiger partial charge in [-0.2, -0.15) is 0 Å². The zero-order valence-corrected chi connectivity index (χ0v) is 13.8. The highest BCUT2D eigenvalue weighted by Crippen LogP contribution is 2.27. The van der Waals surface area contributed by atoms with Gasteiger partial charge in [0.05, 0.1) is 0 Å². The third-order valence-electron chi connectivity index (χ3n) is 5.54. The van der Waals surface area contributed by atoms with Crippen LogP contribution in [0.3, 0.4) is 0 Å². The Morgan fingerprint density at radius 3 is 2.45 bits per heavy atom. The number of nitrogens with one attached hydrogen (secondary N) is 1. The molecule has 0 aromatic carbocycles. The molecule has 2 fully saturated rings. The third kappa shape index (κ3) is 3.96. The zero-order valence-electron chi connectivity index (χ0n) is 13.8. The molecule has 1 unspecified atom stereocenters. The van der Waals surface area contributed by atoms with E-state index in [9.17, 15) is 0 Å². The number of rotatable bonds is 6. The SMILES string of the molecule is CCCC1CNC(CC)(CC)CN1CC1CCOCC1. The predicted octanol–water partition coefficient (Wildman–Crippen LogP) is 3.05. The van der Waals surface area contributed by atoms with E-state index in [1.807, 2.05) is 0 Å². The molecule has 1 N–H and O–H groups in total. The van der Waals surface area contributed by atoms with E-state index >= 15 is 0 Å². The highest BCUT2D eigenvalue weighted by atomic mass is 16.5. The van der Waals surface area contributed by atoms with E-state index in [0.29, 0.717) is 5.54 Å². The van der Waals surface area contributed by atoms with Gasteiger partial charge >= 0.3 is 0 Å². The highest BCUT2D eigenvalue weighted by Gasteiger charge is 2.37. The maximum absolute atomic E-state index is 5.52. The third-order valence-corrected chi connectivity index (χ3v) is 5.54. The summed E-state index contributed by atoms with van der Waals surface area (Å²) in [4.78, 5) is 2.81. The molecule has 0 radical (unpaired) electrons. The summed E-state index contributed by atoms with van der Waals surface area (Å²) < 4.78 is 5.52. The molecule has 2 aliphatic heterocycles. The summed E-state index contributed by atoms with van der Waals surface area (Å²) >= 11 is 0. The molecule has 2 heterocycles. The quantitative estimate of drug-likeness (QED) is 0.810. The van der Waals surface area contributed by atoms with Gasteiger partial charge in [0.1, 0.15) is 0 Å². The number of hydrogen-bond acceptors (Lipinski definition) is 3. The summed E-state index contributed by atoms with van der Waals surface area (Å²) in [7, 11) is 0. The van der Waals surface area contributed by atoms with Gasteiger partial charge < -0.3 is 10.1 Å². The first-order valence-electron chi connectivity index (χ1n) is 8.79. The topological polar surface area (TPSA) is 24.5 Å². The lowest BCUT2D eigenvalue weighted by Gasteiger charge is -2.49. The average Bonchev–Trinajstić information content (AvgIpc) is 2.50. The Morgan fingerprint density at radius 2 is 1.85 bits per heavy atom. The van der Waals surface area contributed by atoms with Crippen molar-refractivity contribution in [2.75, 3.05) is 32.8 Å². The van der Waals surface area contributed by atoms with Crippen molar-refractivity contribution in [1.82, 2.24) is 10.2 Å². The van der Waals surface area contributed by atoms with Crippen LogP contribution in [0.1, 0.15) is 59.3 Å². The van der Waals surface area contributed by atoms with Gasteiger partial charge in [-0.3, -0.25) is 4.90 Å². The van der Waals surface area contributed by atoms with Crippen molar-refractivity contribution in [3.8, 4) is 0 Å². The van der Waals surface area contributed by atoms with Crippen LogP contribution in [-0.2, 0) is 4.74 Å². The fourth-order valence-corrected chi connectivity index (χ4v) is 3.85. The first kappa shape index (κ1) is 16.3. The van der Waals surface area contributed by atoms with Crippen molar-refractivity contribution in [2.24, 2.45) is 5.92 Å². The van der Waals surface area contributed by atoms with Crippen molar-refractivity contribution < 1.29 is 4.74 Å². The molecule has 2 saturated heterocycles. The first-order chi connectivity index (χ1) is 9.73. The minimum Gasteiger partial charge on any atom is -0.381 e. The fourth-order valence-electron chi connectivity index (χ4n) is 3.85. The molecule has 0 aromatic rings. The second-order valence-electron chi connectivity index (χ2n) is 6.80. The Bertz CT molecular complexity index is 272. The Hall–Kier alpha value is -0.120. The number of hydrogen-bond donors (Lipinski definition) is 1. The van der Waals surface area contributed by atoms with Gasteiger partial charge in [0.2, 0.25) is 0 Å². The molecular formula is C17H34N2O. The van der Waals surface area contributed by atoms with Gasteiger partial charge in [-0.15, -0.1) is 0 Å². The van der Waals surface area contributed by atoms with Crippen LogP contribution in [0.4, 0.5) is 0 Å². The second kappa shape index (κ2) is 7.77. The summed E-state index contributed by atoms with van der Waals surface area (Å²) in [6.07, 6.45) is 7.63. The lowest BCUT2D eigenvalue weighted by atomic mass is 9.86. The van der Waals surface area contributed by atoms with E-state index < -0.39 is 0 Å². The van der Waals surface area contributed by atoms with Crippen LogP contribution < -0.4 is 5.32 Å². The van der Waals surface area contributed by atoms with Crippen LogP contribution in [0.25, 0.3) is 0 Å². The summed E-state index contributed by atoms with van der Waals surface area (Å²) in [5.41, 5.74) is 0.357. The number of ether oxygens (including phenoxy) is 1. The molecule has 20 heavy (non-hydrogen) atoms. The van der Waals surface area contributed by atoms with Crippen molar-refractivity contribution >= 4 is 0 Å². The van der Waals surface area contributed by atoms with Gasteiger partial charge in [0, 0.05) is 44.4 Å². The van der Waals surface area contributed by atoms with Crippen molar-refractivity contribution in [3.05, 3.63) is 0 Å². The Labute approximate surface area is 125 Å². The van der Waals surface area contributed by atoms with E-state index in [0.717, 1.165) is 25.2 Å². The van der Waals surface area contributed by atoms with Crippen LogP contribution in [0, 0.1) is 5.92 Å². The monoisotopic (exact) mass is 282 g/mol. The predicted molar refractivity (Wildman–Crippen MR) is 85.1 cm³/mol. The molecule has 2 rings (SSSR count). The minimum atomic E-state index is 0.357. The maximum Gasteiger partial charge on any atom is 0.0469 e. The largest absolute Gasteiger partial charge is 0.381 e. The smallest absolute Gasteiger partial charge is 0.0469 e. The van der Waals surface area contributed by atoms with Crippen molar-refractivity contribution in [1.29, 1.82) is 0 Å². The summed E-state index contributed by atoms with van der Waals surface area (Å²) in [6.45, 7) is 12.6. The standard InChI is InChI=1S/C17H34N2O/c1-4-7-16-12-18-17(5-2,6-3)14-19(16)13-15-8-10-20-11-9-15/h15-16,18H,4-14H2,1-3H3. The second-order valence-corrected chi connectivity index (χ2v) is 6.80. The van der Waals surface area contributed by atoms with Gasteiger partial charge in [-0.25, -0.2) is 0 Å². The Morgan fingerprint density at radius 1 is 1.15 bits per heavy atom. The summed E-state index contributed by atoms with van der Waals surface area (Å²) in [6, 6.07) is 0.745. The van der Waals surface area contributed by atoms with Crippen LogP contribution in [0.5, 0.6) is 0 Å². The van der Waals surface area contributed by atoms with E-state index in [1.54, 1.807) is 0 Å². The molecule has 0 aliphatic carbocycles. The molecule has 0 aromatic heterocycles. The molecule has 2 aliphatic rings. The average molecular weight is 282 g/mol. The number of piperazine rings is 1. The lowest BCUT2D eigenvalue weighted by molar-refractivity contribution is 0.0176. The fraction of sp³-hybridized carbons (Fsp3) is 1.00. The molecule has 118 valence electrons. The molecule has 0 bridgehead atoms. The molecule has 0 spiro atoms. The van der Waals surface area contributed by atoms with Gasteiger partial charge in [-0.05, 0) is 38.0 Å². The van der Waals surface area contributed by atoms with Gasteiger partial charge in [0.15, 0.2) is 0 Å². The van der Waals surface area contributed by atoms with E-state index in [4.69, 9.17) is 4.74 Å². The molecular weight excluding hydrogens is 248 g/mol. The molecule has 1 atom stereocenters. The molecule has 3 nitrogen and oxygen atoms in total. The normalized spacial score (nSPS) is 28.6. The maximum atomic E-state index is 5.52. The van der Waals surface area contributed by atoms with E-state index in [2.05, 4.69) is 31.0 Å². The van der Waals surface area contributed by atoms with Crippen LogP contribution in [0.2, 0.25) is 0 Å². The van der Waals surface area contributed by atoms with Crippen LogP contribution in [-0.4, -0.2) is 49.3 Å². The molecule has 3 heteroatoms. The van der Waals surface area contributed by atoms with Crippen molar-refractivity contribution in [2.45, 2.75) is 70.9 Å². The molecule has 0 saturated carbocycles. The summed E-state index contributed by atoms with van der Waals surface area (Å²) in [5, 5.41) is 3.87. The number of nitrogens with zero attached hydrogens (tertiary/aromatic N) is 1. The Balaban J connectivity index is 1.98.